The van der Waals surface area contributed by atoms with Crippen molar-refractivity contribution in [3.05, 3.63) is 41.5 Å². The third-order valence-electron chi connectivity index (χ3n) is 4.16. The number of hydrogen-bond donors (Lipinski definition) is 2. The van der Waals surface area contributed by atoms with Gasteiger partial charge < -0.3 is 15.4 Å². The molecule has 0 saturated carbocycles. The molecule has 2 N–H and O–H groups in total. The topological polar surface area (TPSA) is 50.4 Å². The van der Waals surface area contributed by atoms with Crippen molar-refractivity contribution >= 4 is 5.91 Å². The first kappa shape index (κ1) is 17.5. The molecule has 1 amide bonds. The van der Waals surface area contributed by atoms with Crippen molar-refractivity contribution in [1.29, 1.82) is 0 Å². The number of ether oxygens (including phenoxy) is 1. The minimum absolute atomic E-state index is 0.0607. The normalized spacial score (nSPS) is 14.2. The second-order valence-electron chi connectivity index (χ2n) is 5.99. The second kappa shape index (κ2) is 10.1. The Morgan fingerprint density at radius 2 is 2.13 bits per heavy atom. The molecule has 4 heteroatoms. The average molecular weight is 316 g/mol. The fourth-order valence-corrected chi connectivity index (χ4v) is 2.82. The molecule has 0 spiro atoms. The Kier molecular flexibility index (Phi) is 7.67. The Bertz CT molecular complexity index is 526. The Morgan fingerprint density at radius 3 is 2.91 bits per heavy atom. The van der Waals surface area contributed by atoms with E-state index in [1.165, 1.54) is 31.2 Å². The van der Waals surface area contributed by atoms with Crippen LogP contribution in [-0.2, 0) is 11.2 Å². The Balaban J connectivity index is 1.55. The maximum absolute atomic E-state index is 11.8. The molecule has 1 aromatic rings. The van der Waals surface area contributed by atoms with Gasteiger partial charge in [-0.05, 0) is 62.8 Å². The molecule has 0 aromatic heterocycles. The molecule has 0 saturated heterocycles. The zero-order valence-electron chi connectivity index (χ0n) is 14.1. The number of carbonyl (C=O) groups is 1. The predicted octanol–water partition coefficient (Wildman–Crippen LogP) is 2.83. The molecule has 126 valence electrons. The molecule has 23 heavy (non-hydrogen) atoms. The van der Waals surface area contributed by atoms with Crippen molar-refractivity contribution in [1.82, 2.24) is 10.6 Å². The van der Waals surface area contributed by atoms with Crippen molar-refractivity contribution in [2.45, 2.75) is 38.5 Å². The van der Waals surface area contributed by atoms with E-state index in [-0.39, 0.29) is 5.91 Å². The summed E-state index contributed by atoms with van der Waals surface area (Å²) in [6, 6.07) is 7.94. The monoisotopic (exact) mass is 316 g/mol. The highest BCUT2D eigenvalue weighted by molar-refractivity contribution is 5.77. The Morgan fingerprint density at radius 1 is 1.22 bits per heavy atom. The largest absolute Gasteiger partial charge is 0.497 e. The van der Waals surface area contributed by atoms with E-state index in [1.807, 2.05) is 24.3 Å². The highest BCUT2D eigenvalue weighted by atomic mass is 16.5. The van der Waals surface area contributed by atoms with Gasteiger partial charge in [0.25, 0.3) is 0 Å². The van der Waals surface area contributed by atoms with E-state index >= 15 is 0 Å². The van der Waals surface area contributed by atoms with Crippen molar-refractivity contribution in [3.8, 4) is 5.75 Å². The van der Waals surface area contributed by atoms with Crippen LogP contribution in [0.1, 0.15) is 37.7 Å². The molecule has 0 unspecified atom stereocenters. The SMILES string of the molecule is COc1cccc(CCNC(=O)CNCCC2=CCCCC2)c1. The molecular formula is C19H28N2O2. The number of benzene rings is 1. The molecule has 2 rings (SSSR count). The van der Waals surface area contributed by atoms with E-state index in [0.29, 0.717) is 13.1 Å². The predicted molar refractivity (Wildman–Crippen MR) is 93.7 cm³/mol. The van der Waals surface area contributed by atoms with Gasteiger partial charge in [0, 0.05) is 6.54 Å². The molecular weight excluding hydrogens is 288 g/mol. The summed E-state index contributed by atoms with van der Waals surface area (Å²) in [5.74, 6) is 0.915. The van der Waals surface area contributed by atoms with Crippen LogP contribution in [0.15, 0.2) is 35.9 Å². The molecule has 0 heterocycles. The molecule has 0 radical (unpaired) electrons. The lowest BCUT2D eigenvalue weighted by Crippen LogP contribution is -2.35. The van der Waals surface area contributed by atoms with Gasteiger partial charge in [-0.1, -0.05) is 23.8 Å². The smallest absolute Gasteiger partial charge is 0.233 e. The highest BCUT2D eigenvalue weighted by Crippen LogP contribution is 2.19. The zero-order valence-corrected chi connectivity index (χ0v) is 14.1. The van der Waals surface area contributed by atoms with Crippen molar-refractivity contribution in [3.63, 3.8) is 0 Å². The Labute approximate surface area is 139 Å². The molecule has 0 fully saturated rings. The van der Waals surface area contributed by atoms with Crippen LogP contribution < -0.4 is 15.4 Å². The number of amides is 1. The van der Waals surface area contributed by atoms with E-state index in [2.05, 4.69) is 16.7 Å². The van der Waals surface area contributed by atoms with Crippen LogP contribution in [0.4, 0.5) is 0 Å². The fourth-order valence-electron chi connectivity index (χ4n) is 2.82. The first-order chi connectivity index (χ1) is 11.3. The summed E-state index contributed by atoms with van der Waals surface area (Å²) in [6.07, 6.45) is 9.34. The third kappa shape index (κ3) is 6.87. The maximum Gasteiger partial charge on any atom is 0.233 e. The molecule has 0 aliphatic heterocycles. The second-order valence-corrected chi connectivity index (χ2v) is 5.99. The quantitative estimate of drug-likeness (QED) is 0.544. The third-order valence-corrected chi connectivity index (χ3v) is 4.16. The molecule has 1 aliphatic carbocycles. The van der Waals surface area contributed by atoms with Gasteiger partial charge in [0.2, 0.25) is 5.91 Å². The number of hydrogen-bond acceptors (Lipinski definition) is 3. The van der Waals surface area contributed by atoms with Gasteiger partial charge in [0.15, 0.2) is 0 Å². The molecule has 0 atom stereocenters. The molecule has 4 nitrogen and oxygen atoms in total. The summed E-state index contributed by atoms with van der Waals surface area (Å²) in [5, 5.41) is 6.18. The average Bonchev–Trinajstić information content (AvgIpc) is 2.60. The van der Waals surface area contributed by atoms with Gasteiger partial charge >= 0.3 is 0 Å². The molecule has 1 aliphatic rings. The maximum atomic E-state index is 11.8. The van der Waals surface area contributed by atoms with E-state index < -0.39 is 0 Å². The van der Waals surface area contributed by atoms with Crippen LogP contribution >= 0.6 is 0 Å². The van der Waals surface area contributed by atoms with Crippen LogP contribution in [0.5, 0.6) is 5.75 Å². The van der Waals surface area contributed by atoms with E-state index in [4.69, 9.17) is 4.74 Å². The van der Waals surface area contributed by atoms with Gasteiger partial charge in [-0.25, -0.2) is 0 Å². The summed E-state index contributed by atoms with van der Waals surface area (Å²) in [7, 11) is 1.66. The van der Waals surface area contributed by atoms with Gasteiger partial charge in [-0.3, -0.25) is 4.79 Å². The van der Waals surface area contributed by atoms with Crippen LogP contribution in [0.2, 0.25) is 0 Å². The number of carbonyl (C=O) groups excluding carboxylic acids is 1. The first-order valence-electron chi connectivity index (χ1n) is 8.56. The van der Waals surface area contributed by atoms with Crippen molar-refractivity contribution < 1.29 is 9.53 Å². The first-order valence-corrected chi connectivity index (χ1v) is 8.56. The lowest BCUT2D eigenvalue weighted by molar-refractivity contribution is -0.120. The summed E-state index contributed by atoms with van der Waals surface area (Å²) in [6.45, 7) is 1.93. The van der Waals surface area contributed by atoms with Gasteiger partial charge in [0.05, 0.1) is 13.7 Å². The van der Waals surface area contributed by atoms with Crippen LogP contribution in [-0.4, -0.2) is 32.7 Å². The zero-order chi connectivity index (χ0) is 16.3. The lowest BCUT2D eigenvalue weighted by Gasteiger charge is -2.13. The summed E-state index contributed by atoms with van der Waals surface area (Å²) in [5.41, 5.74) is 2.71. The Hall–Kier alpha value is -1.81. The number of nitrogens with one attached hydrogen (secondary N) is 2. The van der Waals surface area contributed by atoms with E-state index in [0.717, 1.165) is 25.1 Å². The number of rotatable bonds is 9. The molecule has 0 bridgehead atoms. The summed E-state index contributed by atoms with van der Waals surface area (Å²) in [4.78, 5) is 11.8. The highest BCUT2D eigenvalue weighted by Gasteiger charge is 2.04. The van der Waals surface area contributed by atoms with Gasteiger partial charge in [-0.15, -0.1) is 0 Å². The number of allylic oxidation sites excluding steroid dienone is 1. The summed E-state index contributed by atoms with van der Waals surface area (Å²) >= 11 is 0. The summed E-state index contributed by atoms with van der Waals surface area (Å²) < 4.78 is 5.20. The van der Waals surface area contributed by atoms with Crippen LogP contribution in [0, 0.1) is 0 Å². The van der Waals surface area contributed by atoms with Crippen LogP contribution in [0.3, 0.4) is 0 Å². The standard InChI is InChI=1S/C19H28N2O2/c1-23-18-9-5-8-17(14-18)11-13-21-19(22)15-20-12-10-16-6-3-2-4-7-16/h5-6,8-9,14,20H,2-4,7,10-13,15H2,1H3,(H,21,22). The fraction of sp³-hybridized carbons (Fsp3) is 0.526. The van der Waals surface area contributed by atoms with E-state index in [1.54, 1.807) is 12.7 Å². The van der Waals surface area contributed by atoms with Crippen molar-refractivity contribution in [2.75, 3.05) is 26.7 Å². The minimum atomic E-state index is 0.0607. The van der Waals surface area contributed by atoms with Gasteiger partial charge in [-0.2, -0.15) is 0 Å². The van der Waals surface area contributed by atoms with Gasteiger partial charge in [0.1, 0.15) is 5.75 Å². The lowest BCUT2D eigenvalue weighted by atomic mass is 9.97. The minimum Gasteiger partial charge on any atom is -0.497 e. The van der Waals surface area contributed by atoms with Crippen LogP contribution in [0.25, 0.3) is 0 Å². The number of methoxy groups -OCH3 is 1. The van der Waals surface area contributed by atoms with Crippen molar-refractivity contribution in [2.24, 2.45) is 0 Å². The van der Waals surface area contributed by atoms with E-state index in [9.17, 15) is 4.79 Å². The molecule has 1 aromatic carbocycles.